The van der Waals surface area contributed by atoms with Crippen LogP contribution in [0.4, 0.5) is 0 Å². The minimum atomic E-state index is 0.958. The van der Waals surface area contributed by atoms with E-state index in [2.05, 4.69) is 19.9 Å². The molecule has 0 nitrogen and oxygen atoms in total. The van der Waals surface area contributed by atoms with Gasteiger partial charge in [-0.05, 0) is 25.2 Å². The van der Waals surface area contributed by atoms with Crippen LogP contribution in [0, 0.1) is 5.92 Å². The van der Waals surface area contributed by atoms with Crippen molar-refractivity contribution in [2.75, 3.05) is 0 Å². The molecule has 1 unspecified atom stereocenters. The second-order valence-corrected chi connectivity index (χ2v) is 2.47. The Morgan fingerprint density at radius 1 is 1.62 bits per heavy atom. The van der Waals surface area contributed by atoms with Gasteiger partial charge in [0, 0.05) is 0 Å². The molecule has 1 atom stereocenters. The summed E-state index contributed by atoms with van der Waals surface area (Å²) < 4.78 is 0. The third-order valence-electron chi connectivity index (χ3n) is 2.09. The molecule has 0 amide bonds. The van der Waals surface area contributed by atoms with E-state index in [1.54, 1.807) is 5.57 Å². The molecule has 1 rings (SSSR count). The summed E-state index contributed by atoms with van der Waals surface area (Å²) in [5.74, 6) is 0.958. The van der Waals surface area contributed by atoms with Crippen LogP contribution in [-0.2, 0) is 0 Å². The van der Waals surface area contributed by atoms with Crippen LogP contribution in [0.2, 0.25) is 0 Å². The minimum absolute atomic E-state index is 0.958. The SMILES string of the molecule is CCC1=CCC1CC. The Hall–Kier alpha value is -0.260. The Balaban J connectivity index is 2.35. The predicted molar refractivity (Wildman–Crippen MR) is 36.8 cm³/mol. The van der Waals surface area contributed by atoms with Gasteiger partial charge >= 0.3 is 0 Å². The van der Waals surface area contributed by atoms with Crippen molar-refractivity contribution in [2.45, 2.75) is 33.1 Å². The summed E-state index contributed by atoms with van der Waals surface area (Å²) in [6.07, 6.45) is 6.34. The Bertz CT molecular complexity index is 101. The number of hydrogen-bond donors (Lipinski definition) is 0. The average Bonchev–Trinajstić information content (AvgIpc) is 1.66. The van der Waals surface area contributed by atoms with Crippen LogP contribution in [-0.4, -0.2) is 0 Å². The van der Waals surface area contributed by atoms with Gasteiger partial charge in [0.05, 0.1) is 0 Å². The Morgan fingerprint density at radius 3 is 2.50 bits per heavy atom. The fourth-order valence-corrected chi connectivity index (χ4v) is 1.31. The van der Waals surface area contributed by atoms with E-state index in [0.29, 0.717) is 0 Å². The predicted octanol–water partition coefficient (Wildman–Crippen LogP) is 2.75. The van der Waals surface area contributed by atoms with Gasteiger partial charge in [0.25, 0.3) is 0 Å². The van der Waals surface area contributed by atoms with Crippen LogP contribution in [0.3, 0.4) is 0 Å². The molecule has 0 spiro atoms. The molecule has 0 aromatic heterocycles. The zero-order valence-corrected chi connectivity index (χ0v) is 5.78. The van der Waals surface area contributed by atoms with Gasteiger partial charge in [0.15, 0.2) is 0 Å². The van der Waals surface area contributed by atoms with Gasteiger partial charge in [-0.1, -0.05) is 25.5 Å². The lowest BCUT2D eigenvalue weighted by Crippen LogP contribution is -2.09. The summed E-state index contributed by atoms with van der Waals surface area (Å²) in [5, 5.41) is 0. The zero-order chi connectivity index (χ0) is 5.98. The van der Waals surface area contributed by atoms with Gasteiger partial charge in [-0.25, -0.2) is 0 Å². The van der Waals surface area contributed by atoms with Crippen molar-refractivity contribution in [3.8, 4) is 0 Å². The first kappa shape index (κ1) is 5.87. The summed E-state index contributed by atoms with van der Waals surface area (Å²) in [6.45, 7) is 4.51. The highest BCUT2D eigenvalue weighted by Gasteiger charge is 2.16. The Labute approximate surface area is 51.6 Å². The quantitative estimate of drug-likeness (QED) is 0.479. The molecule has 0 heteroatoms. The van der Waals surface area contributed by atoms with Gasteiger partial charge < -0.3 is 0 Å². The zero-order valence-electron chi connectivity index (χ0n) is 5.78. The average molecular weight is 110 g/mol. The molecule has 0 heterocycles. The lowest BCUT2D eigenvalue weighted by atomic mass is 9.81. The largest absolute Gasteiger partial charge is 0.0845 e. The van der Waals surface area contributed by atoms with Gasteiger partial charge in [0.1, 0.15) is 0 Å². The van der Waals surface area contributed by atoms with Crippen LogP contribution in [0.5, 0.6) is 0 Å². The smallest absolute Gasteiger partial charge is 0.0171 e. The Morgan fingerprint density at radius 2 is 2.38 bits per heavy atom. The molecule has 0 N–H and O–H groups in total. The highest BCUT2D eigenvalue weighted by molar-refractivity contribution is 5.16. The molecule has 0 fully saturated rings. The van der Waals surface area contributed by atoms with Crippen LogP contribution in [0.1, 0.15) is 33.1 Å². The molecule has 0 saturated heterocycles. The topological polar surface area (TPSA) is 0 Å². The van der Waals surface area contributed by atoms with Crippen molar-refractivity contribution < 1.29 is 0 Å². The summed E-state index contributed by atoms with van der Waals surface area (Å²) in [5.41, 5.74) is 1.69. The second kappa shape index (κ2) is 2.34. The van der Waals surface area contributed by atoms with E-state index in [-0.39, 0.29) is 0 Å². The third-order valence-corrected chi connectivity index (χ3v) is 2.09. The van der Waals surface area contributed by atoms with Crippen molar-refractivity contribution in [3.63, 3.8) is 0 Å². The highest BCUT2D eigenvalue weighted by Crippen LogP contribution is 2.31. The summed E-state index contributed by atoms with van der Waals surface area (Å²) in [7, 11) is 0. The summed E-state index contributed by atoms with van der Waals surface area (Å²) >= 11 is 0. The van der Waals surface area contributed by atoms with Crippen molar-refractivity contribution in [2.24, 2.45) is 5.92 Å². The maximum atomic E-state index is 2.37. The first-order chi connectivity index (χ1) is 3.88. The highest BCUT2D eigenvalue weighted by atomic mass is 14.2. The van der Waals surface area contributed by atoms with Crippen LogP contribution >= 0.6 is 0 Å². The van der Waals surface area contributed by atoms with Crippen LogP contribution < -0.4 is 0 Å². The maximum Gasteiger partial charge on any atom is -0.0171 e. The number of allylic oxidation sites excluding steroid dienone is 2. The standard InChI is InChI=1S/C8H14/c1-3-7-5-6-8(7)4-2/h5,8H,3-4,6H2,1-2H3. The van der Waals surface area contributed by atoms with E-state index in [4.69, 9.17) is 0 Å². The molecule has 1 aliphatic carbocycles. The van der Waals surface area contributed by atoms with Crippen molar-refractivity contribution in [1.29, 1.82) is 0 Å². The van der Waals surface area contributed by atoms with E-state index in [0.717, 1.165) is 5.92 Å². The molecule has 0 bridgehead atoms. The lowest BCUT2D eigenvalue weighted by Gasteiger charge is -2.24. The first-order valence-electron chi connectivity index (χ1n) is 3.57. The van der Waals surface area contributed by atoms with E-state index in [1.165, 1.54) is 19.3 Å². The maximum absolute atomic E-state index is 2.37. The van der Waals surface area contributed by atoms with Gasteiger partial charge in [-0.15, -0.1) is 0 Å². The normalized spacial score (nSPS) is 26.8. The van der Waals surface area contributed by atoms with Gasteiger partial charge in [0.2, 0.25) is 0 Å². The second-order valence-electron chi connectivity index (χ2n) is 2.47. The van der Waals surface area contributed by atoms with E-state index in [9.17, 15) is 0 Å². The molecule has 0 aliphatic heterocycles. The van der Waals surface area contributed by atoms with Crippen molar-refractivity contribution in [3.05, 3.63) is 11.6 Å². The third kappa shape index (κ3) is 0.795. The van der Waals surface area contributed by atoms with E-state index < -0.39 is 0 Å². The number of rotatable bonds is 2. The summed E-state index contributed by atoms with van der Waals surface area (Å²) in [6, 6.07) is 0. The number of hydrogen-bond acceptors (Lipinski definition) is 0. The van der Waals surface area contributed by atoms with Crippen molar-refractivity contribution in [1.82, 2.24) is 0 Å². The van der Waals surface area contributed by atoms with Crippen molar-refractivity contribution >= 4 is 0 Å². The molecule has 0 radical (unpaired) electrons. The fraction of sp³-hybridized carbons (Fsp3) is 0.750. The molecule has 0 aromatic rings. The van der Waals surface area contributed by atoms with Crippen LogP contribution in [0.15, 0.2) is 11.6 Å². The van der Waals surface area contributed by atoms with Crippen LogP contribution in [0.25, 0.3) is 0 Å². The van der Waals surface area contributed by atoms with E-state index in [1.807, 2.05) is 0 Å². The monoisotopic (exact) mass is 110 g/mol. The lowest BCUT2D eigenvalue weighted by molar-refractivity contribution is 0.526. The minimum Gasteiger partial charge on any atom is -0.0845 e. The first-order valence-corrected chi connectivity index (χ1v) is 3.57. The molecule has 1 aliphatic rings. The molecule has 46 valence electrons. The molecular formula is C8H14. The van der Waals surface area contributed by atoms with Gasteiger partial charge in [-0.3, -0.25) is 0 Å². The van der Waals surface area contributed by atoms with E-state index >= 15 is 0 Å². The molecule has 0 saturated carbocycles. The molecule has 0 aromatic carbocycles. The Kier molecular flexibility index (Phi) is 1.72. The van der Waals surface area contributed by atoms with Gasteiger partial charge in [-0.2, -0.15) is 0 Å². The molecular weight excluding hydrogens is 96.1 g/mol. The fourth-order valence-electron chi connectivity index (χ4n) is 1.31. The summed E-state index contributed by atoms with van der Waals surface area (Å²) in [4.78, 5) is 0. The molecule has 8 heavy (non-hydrogen) atoms.